The van der Waals surface area contributed by atoms with E-state index in [0.29, 0.717) is 13.2 Å². The van der Waals surface area contributed by atoms with Gasteiger partial charge in [0.25, 0.3) is 0 Å². The molecule has 0 aliphatic rings. The molecule has 1 heterocycles. The van der Waals surface area contributed by atoms with Crippen molar-refractivity contribution in [2.45, 2.75) is 26.8 Å². The fourth-order valence-corrected chi connectivity index (χ4v) is 2.42. The third-order valence-electron chi connectivity index (χ3n) is 2.74. The van der Waals surface area contributed by atoms with Crippen LogP contribution in [0.2, 0.25) is 0 Å². The van der Waals surface area contributed by atoms with E-state index in [1.54, 1.807) is 18.4 Å². The molecule has 0 saturated heterocycles. The number of nitrogens with one attached hydrogen (secondary N) is 1. The van der Waals surface area contributed by atoms with Gasteiger partial charge in [-0.1, -0.05) is 24.3 Å². The Balaban J connectivity index is 2.03. The van der Waals surface area contributed by atoms with Crippen LogP contribution in [0.4, 0.5) is 5.13 Å². The molecule has 108 valence electrons. The van der Waals surface area contributed by atoms with Gasteiger partial charge in [0.15, 0.2) is 11.5 Å². The van der Waals surface area contributed by atoms with Gasteiger partial charge in [0.1, 0.15) is 5.01 Å². The molecule has 0 bridgehead atoms. The molecule has 6 heteroatoms. The maximum Gasteiger partial charge on any atom is 0.205 e. The van der Waals surface area contributed by atoms with Crippen molar-refractivity contribution in [3.05, 3.63) is 28.8 Å². The molecule has 0 aliphatic carbocycles. The lowest BCUT2D eigenvalue weighted by Gasteiger charge is -2.11. The van der Waals surface area contributed by atoms with Crippen molar-refractivity contribution in [3.8, 4) is 11.5 Å². The summed E-state index contributed by atoms with van der Waals surface area (Å²) >= 11 is 1.58. The first-order chi connectivity index (χ1) is 9.76. The van der Waals surface area contributed by atoms with Gasteiger partial charge in [-0.05, 0) is 31.0 Å². The molecule has 0 spiro atoms. The van der Waals surface area contributed by atoms with Crippen LogP contribution in [-0.4, -0.2) is 23.9 Å². The number of aryl methyl sites for hydroxylation is 1. The standard InChI is InChI=1S/C14H19N3O2S/c1-4-13-16-17-14(20-13)15-9-10-6-7-11(18-3)12(8-10)19-5-2/h6-8H,4-5,9H2,1-3H3,(H,15,17). The van der Waals surface area contributed by atoms with Crippen molar-refractivity contribution in [3.63, 3.8) is 0 Å². The van der Waals surface area contributed by atoms with Gasteiger partial charge < -0.3 is 14.8 Å². The zero-order chi connectivity index (χ0) is 14.4. The van der Waals surface area contributed by atoms with Gasteiger partial charge >= 0.3 is 0 Å². The van der Waals surface area contributed by atoms with Gasteiger partial charge in [-0.15, -0.1) is 10.2 Å². The number of benzene rings is 1. The molecule has 1 aromatic carbocycles. The second kappa shape index (κ2) is 7.09. The van der Waals surface area contributed by atoms with Gasteiger partial charge in [-0.3, -0.25) is 0 Å². The molecule has 0 unspecified atom stereocenters. The van der Waals surface area contributed by atoms with E-state index in [9.17, 15) is 0 Å². The average molecular weight is 293 g/mol. The lowest BCUT2D eigenvalue weighted by molar-refractivity contribution is 0.310. The number of rotatable bonds is 7. The van der Waals surface area contributed by atoms with Crippen molar-refractivity contribution in [1.82, 2.24) is 10.2 Å². The van der Waals surface area contributed by atoms with Crippen LogP contribution in [0.3, 0.4) is 0 Å². The summed E-state index contributed by atoms with van der Waals surface area (Å²) in [6.45, 7) is 5.33. The Bertz CT molecular complexity index is 557. The van der Waals surface area contributed by atoms with E-state index in [-0.39, 0.29) is 0 Å². The van der Waals surface area contributed by atoms with E-state index in [0.717, 1.165) is 33.6 Å². The lowest BCUT2D eigenvalue weighted by atomic mass is 10.2. The smallest absolute Gasteiger partial charge is 0.205 e. The Morgan fingerprint density at radius 1 is 1.20 bits per heavy atom. The Hall–Kier alpha value is -1.82. The third-order valence-corrected chi connectivity index (χ3v) is 3.77. The molecule has 0 amide bonds. The van der Waals surface area contributed by atoms with E-state index < -0.39 is 0 Å². The molecule has 0 fully saturated rings. The van der Waals surface area contributed by atoms with Gasteiger partial charge in [-0.25, -0.2) is 0 Å². The van der Waals surface area contributed by atoms with Crippen LogP contribution in [0.15, 0.2) is 18.2 Å². The molecule has 0 atom stereocenters. The van der Waals surface area contributed by atoms with Gasteiger partial charge in [-0.2, -0.15) is 0 Å². The van der Waals surface area contributed by atoms with Crippen molar-refractivity contribution in [2.75, 3.05) is 19.0 Å². The Kier molecular flexibility index (Phi) is 5.17. The second-order valence-electron chi connectivity index (χ2n) is 4.13. The quantitative estimate of drug-likeness (QED) is 0.850. The van der Waals surface area contributed by atoms with Crippen molar-refractivity contribution in [2.24, 2.45) is 0 Å². The highest BCUT2D eigenvalue weighted by molar-refractivity contribution is 7.15. The molecule has 20 heavy (non-hydrogen) atoms. The first-order valence-corrected chi connectivity index (χ1v) is 7.44. The van der Waals surface area contributed by atoms with Crippen LogP contribution in [-0.2, 0) is 13.0 Å². The molecular formula is C14H19N3O2S. The van der Waals surface area contributed by atoms with Crippen LogP contribution in [0, 0.1) is 0 Å². The minimum Gasteiger partial charge on any atom is -0.493 e. The maximum absolute atomic E-state index is 5.56. The molecule has 1 aromatic heterocycles. The van der Waals surface area contributed by atoms with Crippen LogP contribution >= 0.6 is 11.3 Å². The minimum atomic E-state index is 0.615. The topological polar surface area (TPSA) is 56.3 Å². The summed E-state index contributed by atoms with van der Waals surface area (Å²) in [4.78, 5) is 0. The molecular weight excluding hydrogens is 274 g/mol. The van der Waals surface area contributed by atoms with Crippen LogP contribution in [0.1, 0.15) is 24.4 Å². The first-order valence-electron chi connectivity index (χ1n) is 6.62. The van der Waals surface area contributed by atoms with Crippen LogP contribution in [0.25, 0.3) is 0 Å². The largest absolute Gasteiger partial charge is 0.493 e. The summed E-state index contributed by atoms with van der Waals surface area (Å²) in [5.41, 5.74) is 1.11. The predicted octanol–water partition coefficient (Wildman–Crippen LogP) is 3.12. The number of methoxy groups -OCH3 is 1. The summed E-state index contributed by atoms with van der Waals surface area (Å²) in [6, 6.07) is 5.91. The third kappa shape index (κ3) is 3.60. The van der Waals surface area contributed by atoms with E-state index in [4.69, 9.17) is 9.47 Å². The normalized spacial score (nSPS) is 10.3. The Morgan fingerprint density at radius 3 is 2.70 bits per heavy atom. The average Bonchev–Trinajstić information content (AvgIpc) is 2.94. The minimum absolute atomic E-state index is 0.615. The number of anilines is 1. The molecule has 5 nitrogen and oxygen atoms in total. The van der Waals surface area contributed by atoms with Crippen molar-refractivity contribution >= 4 is 16.5 Å². The molecule has 0 radical (unpaired) electrons. The molecule has 0 saturated carbocycles. The Labute approximate surface area is 123 Å². The Morgan fingerprint density at radius 2 is 2.05 bits per heavy atom. The summed E-state index contributed by atoms with van der Waals surface area (Å²) < 4.78 is 10.8. The zero-order valence-corrected chi connectivity index (χ0v) is 12.8. The van der Waals surface area contributed by atoms with Gasteiger partial charge in [0.2, 0.25) is 5.13 Å². The second-order valence-corrected chi connectivity index (χ2v) is 5.19. The molecule has 2 rings (SSSR count). The number of hydrogen-bond acceptors (Lipinski definition) is 6. The number of aromatic nitrogens is 2. The highest BCUT2D eigenvalue weighted by Gasteiger charge is 2.06. The van der Waals surface area contributed by atoms with Gasteiger partial charge in [0.05, 0.1) is 13.7 Å². The molecule has 1 N–H and O–H groups in total. The van der Waals surface area contributed by atoms with Gasteiger partial charge in [0, 0.05) is 6.54 Å². The van der Waals surface area contributed by atoms with E-state index >= 15 is 0 Å². The zero-order valence-electron chi connectivity index (χ0n) is 12.0. The van der Waals surface area contributed by atoms with Crippen LogP contribution < -0.4 is 14.8 Å². The summed E-state index contributed by atoms with van der Waals surface area (Å²) in [5.74, 6) is 1.51. The maximum atomic E-state index is 5.56. The molecule has 0 aliphatic heterocycles. The fraction of sp³-hybridized carbons (Fsp3) is 0.429. The SMILES string of the molecule is CCOc1cc(CNc2nnc(CC)s2)ccc1OC. The number of hydrogen-bond donors (Lipinski definition) is 1. The van der Waals surface area contributed by atoms with E-state index in [2.05, 4.69) is 22.4 Å². The number of nitrogens with zero attached hydrogens (tertiary/aromatic N) is 2. The highest BCUT2D eigenvalue weighted by atomic mass is 32.1. The predicted molar refractivity (Wildman–Crippen MR) is 80.8 cm³/mol. The summed E-state index contributed by atoms with van der Waals surface area (Å²) in [5, 5.41) is 13.3. The van der Waals surface area contributed by atoms with Crippen molar-refractivity contribution in [1.29, 1.82) is 0 Å². The fourth-order valence-electron chi connectivity index (χ4n) is 1.74. The van der Waals surface area contributed by atoms with Crippen LogP contribution in [0.5, 0.6) is 11.5 Å². The first kappa shape index (κ1) is 14.6. The highest BCUT2D eigenvalue weighted by Crippen LogP contribution is 2.28. The summed E-state index contributed by atoms with van der Waals surface area (Å²) in [7, 11) is 1.64. The van der Waals surface area contributed by atoms with E-state index in [1.807, 2.05) is 25.1 Å². The van der Waals surface area contributed by atoms with E-state index in [1.165, 1.54) is 0 Å². The lowest BCUT2D eigenvalue weighted by Crippen LogP contribution is -2.01. The summed E-state index contributed by atoms with van der Waals surface area (Å²) in [6.07, 6.45) is 0.913. The molecule has 2 aromatic rings. The number of ether oxygens (including phenoxy) is 2. The van der Waals surface area contributed by atoms with Crippen molar-refractivity contribution < 1.29 is 9.47 Å². The monoisotopic (exact) mass is 293 g/mol.